The molecule has 4 aliphatic carbocycles. The molecule has 0 aromatic heterocycles. The van der Waals surface area contributed by atoms with E-state index in [0.717, 1.165) is 32.1 Å². The molecule has 4 nitrogen and oxygen atoms in total. The highest BCUT2D eigenvalue weighted by Gasteiger charge is 2.68. The number of primary amides is 1. The van der Waals surface area contributed by atoms with E-state index >= 15 is 0 Å². The Morgan fingerprint density at radius 3 is 2.35 bits per heavy atom. The van der Waals surface area contributed by atoms with Crippen LogP contribution in [0, 0.1) is 16.7 Å². The van der Waals surface area contributed by atoms with E-state index in [-0.39, 0.29) is 17.3 Å². The van der Waals surface area contributed by atoms with Crippen molar-refractivity contribution in [2.24, 2.45) is 22.5 Å². The van der Waals surface area contributed by atoms with Gasteiger partial charge in [0.1, 0.15) is 0 Å². The fourth-order valence-corrected chi connectivity index (χ4v) is 6.27. The summed E-state index contributed by atoms with van der Waals surface area (Å²) in [6.07, 6.45) is 4.83. The molecule has 2 N–H and O–H groups in total. The van der Waals surface area contributed by atoms with Crippen LogP contribution in [0.2, 0.25) is 0 Å². The monoisotopic (exact) mass is 313 g/mol. The zero-order chi connectivity index (χ0) is 16.3. The minimum atomic E-state index is -0.552. The molecular formula is C19H23NO3. The first-order valence-electron chi connectivity index (χ1n) is 8.38. The lowest BCUT2D eigenvalue weighted by molar-refractivity contribution is -0.184. The van der Waals surface area contributed by atoms with Gasteiger partial charge in [0.05, 0.1) is 17.9 Å². The number of methoxy groups -OCH3 is 1. The number of nitrogens with two attached hydrogens (primary N) is 1. The topological polar surface area (TPSA) is 69.4 Å². The maximum absolute atomic E-state index is 12.6. The van der Waals surface area contributed by atoms with Gasteiger partial charge in [-0.25, -0.2) is 0 Å². The van der Waals surface area contributed by atoms with E-state index < -0.39 is 10.8 Å². The lowest BCUT2D eigenvalue weighted by atomic mass is 9.38. The van der Waals surface area contributed by atoms with Crippen molar-refractivity contribution in [2.75, 3.05) is 7.11 Å². The molecule has 4 bridgehead atoms. The van der Waals surface area contributed by atoms with Gasteiger partial charge in [-0.1, -0.05) is 30.3 Å². The highest BCUT2D eigenvalue weighted by molar-refractivity contribution is 5.85. The van der Waals surface area contributed by atoms with Crippen LogP contribution in [0.4, 0.5) is 0 Å². The molecule has 23 heavy (non-hydrogen) atoms. The normalized spacial score (nSPS) is 40.8. The van der Waals surface area contributed by atoms with Gasteiger partial charge >= 0.3 is 5.97 Å². The summed E-state index contributed by atoms with van der Waals surface area (Å²) in [6.45, 7) is 0. The Kier molecular flexibility index (Phi) is 2.94. The lowest BCUT2D eigenvalue weighted by Gasteiger charge is -2.64. The van der Waals surface area contributed by atoms with Gasteiger partial charge in [0.25, 0.3) is 0 Å². The number of hydrogen-bond acceptors (Lipinski definition) is 3. The molecule has 4 saturated carbocycles. The smallest absolute Gasteiger partial charge is 0.311 e. The van der Waals surface area contributed by atoms with E-state index in [9.17, 15) is 9.59 Å². The highest BCUT2D eigenvalue weighted by atomic mass is 16.5. The van der Waals surface area contributed by atoms with Crippen molar-refractivity contribution < 1.29 is 14.3 Å². The number of hydrogen-bond donors (Lipinski definition) is 1. The summed E-state index contributed by atoms with van der Waals surface area (Å²) in [5, 5.41) is 0. The van der Waals surface area contributed by atoms with Crippen molar-refractivity contribution in [3.63, 3.8) is 0 Å². The first-order chi connectivity index (χ1) is 10.9. The summed E-state index contributed by atoms with van der Waals surface area (Å²) < 4.78 is 5.15. The average Bonchev–Trinajstić information content (AvgIpc) is 2.53. The van der Waals surface area contributed by atoms with Gasteiger partial charge in [-0.3, -0.25) is 9.59 Å². The predicted octanol–water partition coefficient (Wildman–Crippen LogP) is 2.55. The number of ether oxygens (including phenoxy) is 1. The third-order valence-corrected chi connectivity index (χ3v) is 6.60. The third kappa shape index (κ3) is 1.90. The molecule has 1 aromatic rings. The van der Waals surface area contributed by atoms with Crippen LogP contribution in [0.1, 0.15) is 44.1 Å². The van der Waals surface area contributed by atoms with Crippen molar-refractivity contribution in [3.05, 3.63) is 35.9 Å². The summed E-state index contributed by atoms with van der Waals surface area (Å²) in [4.78, 5) is 25.0. The third-order valence-electron chi connectivity index (χ3n) is 6.60. The summed E-state index contributed by atoms with van der Waals surface area (Å²) in [5.74, 6) is -0.0271. The molecule has 0 heterocycles. The van der Waals surface area contributed by atoms with Gasteiger partial charge in [-0.05, 0) is 55.4 Å². The number of benzene rings is 1. The SMILES string of the molecule is COC(=O)C12CC3CC(C(N)=O)(C1)CC(c1ccccc1)(C3)C2. The number of carbonyl (C=O) groups excluding carboxylic acids is 2. The minimum Gasteiger partial charge on any atom is -0.469 e. The Labute approximate surface area is 136 Å². The largest absolute Gasteiger partial charge is 0.469 e. The standard InChI is InChI=1S/C19H23NO3/c1-23-16(22)19-9-13-7-17(11-19,14-5-3-2-4-6-14)10-18(8-13,12-19)15(20)21/h2-6,13H,7-12H2,1H3,(H2,20,21). The van der Waals surface area contributed by atoms with Crippen LogP contribution in [-0.2, 0) is 19.7 Å². The van der Waals surface area contributed by atoms with Crippen molar-refractivity contribution >= 4 is 11.9 Å². The molecule has 0 spiro atoms. The predicted molar refractivity (Wildman–Crippen MR) is 85.4 cm³/mol. The van der Waals surface area contributed by atoms with Gasteiger partial charge < -0.3 is 10.5 Å². The van der Waals surface area contributed by atoms with Crippen molar-refractivity contribution in [1.29, 1.82) is 0 Å². The Hall–Kier alpha value is -1.84. The molecule has 4 unspecified atom stereocenters. The van der Waals surface area contributed by atoms with Crippen LogP contribution >= 0.6 is 0 Å². The zero-order valence-corrected chi connectivity index (χ0v) is 13.5. The fraction of sp³-hybridized carbons (Fsp3) is 0.579. The molecule has 0 radical (unpaired) electrons. The van der Waals surface area contributed by atoms with E-state index in [1.165, 1.54) is 12.7 Å². The van der Waals surface area contributed by atoms with Crippen LogP contribution in [-0.4, -0.2) is 19.0 Å². The quantitative estimate of drug-likeness (QED) is 0.872. The van der Waals surface area contributed by atoms with E-state index in [1.807, 2.05) is 18.2 Å². The van der Waals surface area contributed by atoms with E-state index in [4.69, 9.17) is 10.5 Å². The van der Waals surface area contributed by atoms with E-state index in [0.29, 0.717) is 12.3 Å². The molecular weight excluding hydrogens is 290 g/mol. The first kappa shape index (κ1) is 14.7. The van der Waals surface area contributed by atoms with E-state index in [2.05, 4.69) is 12.1 Å². The molecule has 1 amide bonds. The second-order valence-electron chi connectivity index (χ2n) is 8.07. The summed E-state index contributed by atoms with van der Waals surface area (Å²) in [7, 11) is 1.45. The van der Waals surface area contributed by atoms with Crippen LogP contribution in [0.3, 0.4) is 0 Å². The first-order valence-corrected chi connectivity index (χ1v) is 8.38. The Morgan fingerprint density at radius 1 is 1.04 bits per heavy atom. The lowest BCUT2D eigenvalue weighted by Crippen LogP contribution is -2.64. The van der Waals surface area contributed by atoms with Crippen LogP contribution in [0.15, 0.2) is 30.3 Å². The number of carbonyl (C=O) groups is 2. The minimum absolute atomic E-state index is 0.121. The van der Waals surface area contributed by atoms with Crippen LogP contribution in [0.25, 0.3) is 0 Å². The maximum atomic E-state index is 12.6. The summed E-state index contributed by atoms with van der Waals surface area (Å²) >= 11 is 0. The molecule has 0 aliphatic heterocycles. The second-order valence-corrected chi connectivity index (χ2v) is 8.07. The summed E-state index contributed by atoms with van der Waals surface area (Å²) in [5.41, 5.74) is 5.86. The highest BCUT2D eigenvalue weighted by Crippen LogP contribution is 2.70. The Balaban J connectivity index is 1.87. The maximum Gasteiger partial charge on any atom is 0.311 e. The van der Waals surface area contributed by atoms with Crippen LogP contribution < -0.4 is 5.73 Å². The van der Waals surface area contributed by atoms with Gasteiger partial charge in [-0.15, -0.1) is 0 Å². The molecule has 4 aliphatic rings. The summed E-state index contributed by atoms with van der Waals surface area (Å²) in [6, 6.07) is 10.3. The van der Waals surface area contributed by atoms with Gasteiger partial charge in [0.2, 0.25) is 5.91 Å². The molecule has 4 fully saturated rings. The molecule has 122 valence electrons. The van der Waals surface area contributed by atoms with E-state index in [1.54, 1.807) is 0 Å². The van der Waals surface area contributed by atoms with Crippen molar-refractivity contribution in [1.82, 2.24) is 0 Å². The zero-order valence-electron chi connectivity index (χ0n) is 13.5. The van der Waals surface area contributed by atoms with Gasteiger partial charge in [-0.2, -0.15) is 0 Å². The van der Waals surface area contributed by atoms with Crippen LogP contribution in [0.5, 0.6) is 0 Å². The molecule has 1 aromatic carbocycles. The second kappa shape index (κ2) is 4.59. The molecule has 4 atom stereocenters. The molecule has 5 rings (SSSR count). The Bertz CT molecular complexity index is 672. The number of amides is 1. The van der Waals surface area contributed by atoms with Gasteiger partial charge in [0.15, 0.2) is 0 Å². The van der Waals surface area contributed by atoms with Gasteiger partial charge in [0, 0.05) is 0 Å². The number of rotatable bonds is 3. The molecule has 0 saturated heterocycles. The number of esters is 1. The fourth-order valence-electron chi connectivity index (χ4n) is 6.27. The average molecular weight is 313 g/mol. The Morgan fingerprint density at radius 2 is 1.70 bits per heavy atom. The van der Waals surface area contributed by atoms with Crippen molar-refractivity contribution in [2.45, 2.75) is 43.9 Å². The van der Waals surface area contributed by atoms with Crippen molar-refractivity contribution in [3.8, 4) is 0 Å². The molecule has 4 heteroatoms.